The molecular weight excluding hydrogens is 464 g/mol. The molecule has 0 N–H and O–H groups in total. The Morgan fingerprint density at radius 2 is 0.857 bits per heavy atom. The van der Waals surface area contributed by atoms with Gasteiger partial charge in [0.2, 0.25) is 0 Å². The Bertz CT molecular complexity index is 811. The molecule has 2 saturated heterocycles. The van der Waals surface area contributed by atoms with Crippen LogP contribution < -0.4 is 0 Å². The fourth-order valence-corrected chi connectivity index (χ4v) is 4.91. The van der Waals surface area contributed by atoms with E-state index in [1.807, 2.05) is 0 Å². The number of hydrogen-bond acceptors (Lipinski definition) is 11. The van der Waals surface area contributed by atoms with Crippen LogP contribution in [0.1, 0.15) is 13.8 Å². The van der Waals surface area contributed by atoms with E-state index >= 15 is 0 Å². The average molecular weight is 494 g/mol. The predicted octanol–water partition coefficient (Wildman–Crippen LogP) is 0.355. The standard InChI is InChI=1S/C24H30O11/c1-3-30-21(25)17-13-5-7-15(34-13)19(17)23(27)32-11-9-29-10-12-33-24(28)20-16-8-6-14(35-16)18(20)22(26)31-4-2/h5-8,13-20H,3-4,9-12H2,1-2H3/t13-,14-,15+,16+,17-,18-,19+,20+/m1/s1. The second-order valence-corrected chi connectivity index (χ2v) is 8.46. The lowest BCUT2D eigenvalue weighted by atomic mass is 9.83. The zero-order chi connectivity index (χ0) is 24.9. The Labute approximate surface area is 202 Å². The summed E-state index contributed by atoms with van der Waals surface area (Å²) >= 11 is 0. The van der Waals surface area contributed by atoms with Gasteiger partial charge in [-0.1, -0.05) is 24.3 Å². The van der Waals surface area contributed by atoms with Crippen molar-refractivity contribution in [3.05, 3.63) is 24.3 Å². The molecule has 4 aliphatic heterocycles. The van der Waals surface area contributed by atoms with E-state index < -0.39 is 72.0 Å². The molecule has 0 spiro atoms. The Morgan fingerprint density at radius 1 is 0.543 bits per heavy atom. The minimum Gasteiger partial charge on any atom is -0.466 e. The first-order valence-electron chi connectivity index (χ1n) is 11.9. The highest BCUT2D eigenvalue weighted by Gasteiger charge is 2.55. The van der Waals surface area contributed by atoms with Gasteiger partial charge in [0.15, 0.2) is 0 Å². The van der Waals surface area contributed by atoms with Crippen LogP contribution in [0.25, 0.3) is 0 Å². The molecule has 192 valence electrons. The maximum absolute atomic E-state index is 12.6. The maximum Gasteiger partial charge on any atom is 0.313 e. The smallest absolute Gasteiger partial charge is 0.313 e. The zero-order valence-electron chi connectivity index (χ0n) is 19.7. The third kappa shape index (κ3) is 5.26. The lowest BCUT2D eigenvalue weighted by molar-refractivity contribution is -0.161. The van der Waals surface area contributed by atoms with Gasteiger partial charge in [0.1, 0.15) is 36.9 Å². The fourth-order valence-electron chi connectivity index (χ4n) is 4.91. The SMILES string of the molecule is CCOC(=O)[C@H]1[C@@H](C(=O)OCCOCCOC(=O)[C@@H]2[C@H](C(=O)OCC)[C@H]3C=C[C@@H]2O3)[C@@H]2C=C[C@H]1O2. The van der Waals surface area contributed by atoms with Crippen molar-refractivity contribution in [3.63, 3.8) is 0 Å². The summed E-state index contributed by atoms with van der Waals surface area (Å²) in [5.41, 5.74) is 0. The normalized spacial score (nSPS) is 33.7. The Kier molecular flexibility index (Phi) is 8.19. The van der Waals surface area contributed by atoms with Crippen LogP contribution in [0, 0.1) is 23.7 Å². The molecular formula is C24H30O11. The Balaban J connectivity index is 1.14. The van der Waals surface area contributed by atoms with Crippen molar-refractivity contribution >= 4 is 23.9 Å². The van der Waals surface area contributed by atoms with Gasteiger partial charge in [-0.2, -0.15) is 0 Å². The summed E-state index contributed by atoms with van der Waals surface area (Å²) < 4.78 is 37.3. The van der Waals surface area contributed by atoms with E-state index in [1.165, 1.54) is 0 Å². The highest BCUT2D eigenvalue weighted by molar-refractivity contribution is 5.85. The van der Waals surface area contributed by atoms with Gasteiger partial charge in [-0.15, -0.1) is 0 Å². The fraction of sp³-hybridized carbons (Fsp3) is 0.667. The number of hydrogen-bond donors (Lipinski definition) is 0. The van der Waals surface area contributed by atoms with Crippen LogP contribution in [0.3, 0.4) is 0 Å². The van der Waals surface area contributed by atoms with Crippen molar-refractivity contribution < 1.29 is 52.3 Å². The molecule has 0 radical (unpaired) electrons. The molecule has 11 nitrogen and oxygen atoms in total. The summed E-state index contributed by atoms with van der Waals surface area (Å²) in [7, 11) is 0. The first kappa shape index (κ1) is 25.3. The van der Waals surface area contributed by atoms with E-state index in [2.05, 4.69) is 0 Å². The number of fused-ring (bicyclic) bond motifs is 4. The topological polar surface area (TPSA) is 133 Å². The molecule has 4 bridgehead atoms. The zero-order valence-corrected chi connectivity index (χ0v) is 19.7. The van der Waals surface area contributed by atoms with Crippen LogP contribution in [0.4, 0.5) is 0 Å². The van der Waals surface area contributed by atoms with Gasteiger partial charge in [-0.25, -0.2) is 0 Å². The molecule has 2 fully saturated rings. The summed E-state index contributed by atoms with van der Waals surface area (Å²) in [5.74, 6) is -5.02. The minimum absolute atomic E-state index is 0.0319. The molecule has 4 aliphatic rings. The summed E-state index contributed by atoms with van der Waals surface area (Å²) in [6.07, 6.45) is 5.03. The lowest BCUT2D eigenvalue weighted by Gasteiger charge is -2.22. The lowest BCUT2D eigenvalue weighted by Crippen LogP contribution is -2.39. The molecule has 0 amide bonds. The quantitative estimate of drug-likeness (QED) is 0.161. The summed E-state index contributed by atoms with van der Waals surface area (Å²) in [6, 6.07) is 0. The van der Waals surface area contributed by atoms with Crippen molar-refractivity contribution in [2.75, 3.05) is 39.6 Å². The molecule has 0 saturated carbocycles. The van der Waals surface area contributed by atoms with E-state index in [-0.39, 0.29) is 39.6 Å². The van der Waals surface area contributed by atoms with Gasteiger partial charge < -0.3 is 33.2 Å². The van der Waals surface area contributed by atoms with Crippen molar-refractivity contribution in [2.45, 2.75) is 38.3 Å². The number of rotatable bonds is 12. The Morgan fingerprint density at radius 3 is 1.17 bits per heavy atom. The van der Waals surface area contributed by atoms with E-state index in [0.717, 1.165) is 0 Å². The molecule has 0 aromatic heterocycles. The van der Waals surface area contributed by atoms with E-state index in [0.29, 0.717) is 0 Å². The van der Waals surface area contributed by atoms with Gasteiger partial charge >= 0.3 is 23.9 Å². The molecule has 0 aromatic rings. The molecule has 35 heavy (non-hydrogen) atoms. The van der Waals surface area contributed by atoms with Crippen LogP contribution in [0.15, 0.2) is 24.3 Å². The van der Waals surface area contributed by atoms with E-state index in [1.54, 1.807) is 38.2 Å². The molecule has 11 heteroatoms. The first-order valence-corrected chi connectivity index (χ1v) is 11.9. The molecule has 0 aromatic carbocycles. The van der Waals surface area contributed by atoms with Crippen LogP contribution in [-0.2, 0) is 52.3 Å². The summed E-state index contributed by atoms with van der Waals surface area (Å²) in [6.45, 7) is 3.92. The van der Waals surface area contributed by atoms with Crippen molar-refractivity contribution in [3.8, 4) is 0 Å². The molecule has 4 rings (SSSR count). The molecule has 0 unspecified atom stereocenters. The van der Waals surface area contributed by atoms with Gasteiger partial charge in [-0.05, 0) is 13.8 Å². The third-order valence-electron chi connectivity index (χ3n) is 6.40. The first-order chi connectivity index (χ1) is 17.0. The van der Waals surface area contributed by atoms with Gasteiger partial charge in [0.25, 0.3) is 0 Å². The molecule has 8 atom stereocenters. The largest absolute Gasteiger partial charge is 0.466 e. The number of carbonyl (C=O) groups excluding carboxylic acids is 4. The van der Waals surface area contributed by atoms with Crippen molar-refractivity contribution in [2.24, 2.45) is 23.7 Å². The minimum atomic E-state index is -0.754. The predicted molar refractivity (Wildman–Crippen MR) is 116 cm³/mol. The number of esters is 4. The van der Waals surface area contributed by atoms with Crippen molar-refractivity contribution in [1.29, 1.82) is 0 Å². The number of ether oxygens (including phenoxy) is 7. The monoisotopic (exact) mass is 494 g/mol. The second kappa shape index (κ2) is 11.3. The maximum atomic E-state index is 12.6. The van der Waals surface area contributed by atoms with Crippen molar-refractivity contribution in [1.82, 2.24) is 0 Å². The van der Waals surface area contributed by atoms with Gasteiger partial charge in [0, 0.05) is 0 Å². The van der Waals surface area contributed by atoms with Crippen LogP contribution in [0.2, 0.25) is 0 Å². The van der Waals surface area contributed by atoms with E-state index in [9.17, 15) is 19.2 Å². The van der Waals surface area contributed by atoms with Crippen LogP contribution in [0.5, 0.6) is 0 Å². The van der Waals surface area contributed by atoms with E-state index in [4.69, 9.17) is 33.2 Å². The highest BCUT2D eigenvalue weighted by atomic mass is 16.6. The molecule has 4 heterocycles. The Hall–Kier alpha value is -2.76. The second-order valence-electron chi connectivity index (χ2n) is 8.46. The highest BCUT2D eigenvalue weighted by Crippen LogP contribution is 2.41. The third-order valence-corrected chi connectivity index (χ3v) is 6.40. The van der Waals surface area contributed by atoms with Gasteiger partial charge in [-0.3, -0.25) is 19.2 Å². The number of carbonyl (C=O) groups is 4. The average Bonchev–Trinajstić information content (AvgIpc) is 3.63. The van der Waals surface area contributed by atoms with Crippen LogP contribution in [-0.4, -0.2) is 87.9 Å². The summed E-state index contributed by atoms with van der Waals surface area (Å²) in [4.78, 5) is 49.6. The molecule has 0 aliphatic carbocycles. The van der Waals surface area contributed by atoms with Crippen LogP contribution >= 0.6 is 0 Å². The summed E-state index contributed by atoms with van der Waals surface area (Å²) in [5, 5.41) is 0. The van der Waals surface area contributed by atoms with Gasteiger partial charge in [0.05, 0.1) is 50.8 Å².